The number of aromatic nitrogens is 2. The lowest BCUT2D eigenvalue weighted by atomic mass is 9.94. The molecule has 1 unspecified atom stereocenters. The zero-order valence-electron chi connectivity index (χ0n) is 9.50. The number of carbonyl (C=O) groups is 1. The quantitative estimate of drug-likeness (QED) is 0.815. The van der Waals surface area contributed by atoms with Gasteiger partial charge in [0, 0.05) is 31.3 Å². The van der Waals surface area contributed by atoms with Crippen LogP contribution >= 0.6 is 11.3 Å². The van der Waals surface area contributed by atoms with Crippen LogP contribution in [0.3, 0.4) is 0 Å². The standard InChI is InChI=1S/C13H14N2OS/c16-11-4-1-3-10(9-11)15-7-6-14-13(15)12-5-2-8-17-12/h2,5-8,10H,1,3-4,9H2. The summed E-state index contributed by atoms with van der Waals surface area (Å²) in [4.78, 5) is 17.1. The van der Waals surface area contributed by atoms with E-state index in [0.29, 0.717) is 18.2 Å². The highest BCUT2D eigenvalue weighted by Crippen LogP contribution is 2.31. The van der Waals surface area contributed by atoms with E-state index in [1.54, 1.807) is 11.3 Å². The molecule has 0 radical (unpaired) electrons. The second kappa shape index (κ2) is 4.45. The molecule has 0 aromatic carbocycles. The van der Waals surface area contributed by atoms with Crippen LogP contribution in [0.4, 0.5) is 0 Å². The van der Waals surface area contributed by atoms with Crippen LogP contribution in [0.1, 0.15) is 31.7 Å². The first kappa shape index (κ1) is 10.7. The summed E-state index contributed by atoms with van der Waals surface area (Å²) in [5, 5.41) is 2.06. The van der Waals surface area contributed by atoms with Gasteiger partial charge in [-0.05, 0) is 24.3 Å². The number of thiophene rings is 1. The summed E-state index contributed by atoms with van der Waals surface area (Å²) in [5.41, 5.74) is 0. The number of rotatable bonds is 2. The molecule has 2 aromatic rings. The van der Waals surface area contributed by atoms with Crippen LogP contribution in [0.2, 0.25) is 0 Å². The van der Waals surface area contributed by atoms with E-state index in [2.05, 4.69) is 21.0 Å². The number of carbonyl (C=O) groups excluding carboxylic acids is 1. The molecule has 2 heterocycles. The van der Waals surface area contributed by atoms with E-state index < -0.39 is 0 Å². The highest BCUT2D eigenvalue weighted by Gasteiger charge is 2.23. The predicted octanol–water partition coefficient (Wildman–Crippen LogP) is 3.30. The smallest absolute Gasteiger partial charge is 0.150 e. The monoisotopic (exact) mass is 246 g/mol. The van der Waals surface area contributed by atoms with Crippen molar-refractivity contribution in [2.75, 3.05) is 0 Å². The zero-order chi connectivity index (χ0) is 11.7. The third-order valence-corrected chi connectivity index (χ3v) is 4.13. The largest absolute Gasteiger partial charge is 0.327 e. The van der Waals surface area contributed by atoms with Crippen molar-refractivity contribution in [2.24, 2.45) is 0 Å². The van der Waals surface area contributed by atoms with E-state index in [1.165, 1.54) is 4.88 Å². The maximum absolute atomic E-state index is 11.5. The van der Waals surface area contributed by atoms with E-state index >= 15 is 0 Å². The van der Waals surface area contributed by atoms with Gasteiger partial charge in [-0.1, -0.05) is 6.07 Å². The molecule has 4 heteroatoms. The summed E-state index contributed by atoms with van der Waals surface area (Å²) in [7, 11) is 0. The minimum Gasteiger partial charge on any atom is -0.327 e. The van der Waals surface area contributed by atoms with Gasteiger partial charge in [-0.15, -0.1) is 11.3 Å². The average molecular weight is 246 g/mol. The molecule has 0 amide bonds. The van der Waals surface area contributed by atoms with Crippen LogP contribution in [-0.2, 0) is 4.79 Å². The third-order valence-electron chi connectivity index (χ3n) is 3.26. The molecule has 3 nitrogen and oxygen atoms in total. The Morgan fingerprint density at radius 3 is 3.18 bits per heavy atom. The molecule has 0 aliphatic heterocycles. The summed E-state index contributed by atoms with van der Waals surface area (Å²) >= 11 is 1.69. The Morgan fingerprint density at radius 1 is 1.47 bits per heavy atom. The number of ketones is 1. The molecule has 2 aromatic heterocycles. The van der Waals surface area contributed by atoms with Crippen LogP contribution < -0.4 is 0 Å². The van der Waals surface area contributed by atoms with Crippen molar-refractivity contribution in [3.05, 3.63) is 29.9 Å². The first-order chi connectivity index (χ1) is 8.34. The number of imidazole rings is 1. The molecule has 88 valence electrons. The molecule has 1 aliphatic rings. The Kier molecular flexibility index (Phi) is 2.81. The molecule has 1 fully saturated rings. The summed E-state index contributed by atoms with van der Waals surface area (Å²) in [6.45, 7) is 0. The molecule has 0 bridgehead atoms. The number of nitrogens with zero attached hydrogens (tertiary/aromatic N) is 2. The topological polar surface area (TPSA) is 34.9 Å². The van der Waals surface area contributed by atoms with Gasteiger partial charge in [0.25, 0.3) is 0 Å². The van der Waals surface area contributed by atoms with Crippen molar-refractivity contribution in [1.29, 1.82) is 0 Å². The molecule has 0 spiro atoms. The predicted molar refractivity (Wildman–Crippen MR) is 68.1 cm³/mol. The number of hydrogen-bond donors (Lipinski definition) is 0. The van der Waals surface area contributed by atoms with E-state index in [1.807, 2.05) is 18.5 Å². The van der Waals surface area contributed by atoms with E-state index in [4.69, 9.17) is 0 Å². The van der Waals surface area contributed by atoms with Crippen molar-refractivity contribution in [3.8, 4) is 10.7 Å². The fourth-order valence-electron chi connectivity index (χ4n) is 2.44. The van der Waals surface area contributed by atoms with Crippen molar-refractivity contribution in [3.63, 3.8) is 0 Å². The highest BCUT2D eigenvalue weighted by molar-refractivity contribution is 7.13. The van der Waals surface area contributed by atoms with E-state index in [-0.39, 0.29) is 0 Å². The molecular weight excluding hydrogens is 232 g/mol. The van der Waals surface area contributed by atoms with Gasteiger partial charge in [0.2, 0.25) is 0 Å². The summed E-state index contributed by atoms with van der Waals surface area (Å²) in [6.07, 6.45) is 7.33. The van der Waals surface area contributed by atoms with Crippen LogP contribution in [-0.4, -0.2) is 15.3 Å². The van der Waals surface area contributed by atoms with Gasteiger partial charge >= 0.3 is 0 Å². The van der Waals surface area contributed by atoms with E-state index in [9.17, 15) is 4.79 Å². The molecule has 0 N–H and O–H groups in total. The van der Waals surface area contributed by atoms with Crippen molar-refractivity contribution < 1.29 is 4.79 Å². The molecule has 1 atom stereocenters. The maximum Gasteiger partial charge on any atom is 0.150 e. The van der Waals surface area contributed by atoms with Gasteiger partial charge in [-0.3, -0.25) is 4.79 Å². The van der Waals surface area contributed by atoms with Gasteiger partial charge in [0.15, 0.2) is 0 Å². The zero-order valence-corrected chi connectivity index (χ0v) is 10.3. The molecule has 1 saturated carbocycles. The van der Waals surface area contributed by atoms with Crippen molar-refractivity contribution >= 4 is 17.1 Å². The lowest BCUT2D eigenvalue weighted by molar-refractivity contribution is -0.121. The van der Waals surface area contributed by atoms with Crippen LogP contribution in [0.5, 0.6) is 0 Å². The van der Waals surface area contributed by atoms with Crippen molar-refractivity contribution in [2.45, 2.75) is 31.7 Å². The summed E-state index contributed by atoms with van der Waals surface area (Å²) < 4.78 is 2.17. The van der Waals surface area contributed by atoms with Crippen molar-refractivity contribution in [1.82, 2.24) is 9.55 Å². The van der Waals surface area contributed by atoms with Gasteiger partial charge < -0.3 is 4.57 Å². The minimum absolute atomic E-state index is 0.302. The minimum atomic E-state index is 0.302. The number of Topliss-reactive ketones (excluding diaryl/α,β-unsaturated/α-hetero) is 1. The Labute approximate surface area is 104 Å². The molecule has 17 heavy (non-hydrogen) atoms. The Balaban J connectivity index is 1.93. The summed E-state index contributed by atoms with van der Waals surface area (Å²) in [5.74, 6) is 1.38. The van der Waals surface area contributed by atoms with Gasteiger partial charge in [-0.2, -0.15) is 0 Å². The fraction of sp³-hybridized carbons (Fsp3) is 0.385. The lowest BCUT2D eigenvalue weighted by Gasteiger charge is -2.23. The van der Waals surface area contributed by atoms with Gasteiger partial charge in [0.1, 0.15) is 11.6 Å². The average Bonchev–Trinajstić information content (AvgIpc) is 3.00. The lowest BCUT2D eigenvalue weighted by Crippen LogP contribution is -2.19. The van der Waals surface area contributed by atoms with Crippen LogP contribution in [0, 0.1) is 0 Å². The fourth-order valence-corrected chi connectivity index (χ4v) is 3.17. The SMILES string of the molecule is O=C1CCCC(n2ccnc2-c2cccs2)C1. The van der Waals surface area contributed by atoms with Crippen LogP contribution in [0.25, 0.3) is 10.7 Å². The second-order valence-corrected chi connectivity index (χ2v) is 5.37. The molecule has 0 saturated heterocycles. The normalized spacial score (nSPS) is 20.7. The molecular formula is C13H14N2OS. The Bertz CT molecular complexity index is 515. The second-order valence-electron chi connectivity index (χ2n) is 4.42. The first-order valence-corrected chi connectivity index (χ1v) is 6.81. The maximum atomic E-state index is 11.5. The number of hydrogen-bond acceptors (Lipinski definition) is 3. The first-order valence-electron chi connectivity index (χ1n) is 5.93. The Hall–Kier alpha value is -1.42. The van der Waals surface area contributed by atoms with E-state index in [0.717, 1.165) is 25.1 Å². The molecule has 3 rings (SSSR count). The highest BCUT2D eigenvalue weighted by atomic mass is 32.1. The third kappa shape index (κ3) is 2.05. The van der Waals surface area contributed by atoms with Crippen LogP contribution in [0.15, 0.2) is 29.9 Å². The summed E-state index contributed by atoms with van der Waals surface area (Å²) in [6, 6.07) is 4.41. The van der Waals surface area contributed by atoms with Gasteiger partial charge in [0.05, 0.1) is 4.88 Å². The molecule has 1 aliphatic carbocycles. The Morgan fingerprint density at radius 2 is 2.41 bits per heavy atom. The van der Waals surface area contributed by atoms with Gasteiger partial charge in [-0.25, -0.2) is 4.98 Å².